The minimum absolute atomic E-state index is 0.253. The fraction of sp³-hybridized carbons (Fsp3) is 0.407. The van der Waals surface area contributed by atoms with Crippen molar-refractivity contribution in [1.82, 2.24) is 4.90 Å². The van der Waals surface area contributed by atoms with Crippen molar-refractivity contribution in [1.29, 1.82) is 0 Å². The monoisotopic (exact) mass is 466 g/mol. The van der Waals surface area contributed by atoms with E-state index in [9.17, 15) is 9.59 Å². The van der Waals surface area contributed by atoms with Gasteiger partial charge in [0, 0.05) is 19.6 Å². The molecule has 1 aliphatic heterocycles. The fourth-order valence-electron chi connectivity index (χ4n) is 4.10. The molecule has 3 rings (SSSR count). The van der Waals surface area contributed by atoms with Gasteiger partial charge in [0.25, 0.3) is 0 Å². The molecule has 1 aliphatic rings. The number of rotatable bonds is 10. The molecule has 0 saturated heterocycles. The number of carbonyl (C=O) groups excluding carboxylic acids is 2. The Kier molecular flexibility index (Phi) is 9.52. The van der Waals surface area contributed by atoms with Crippen molar-refractivity contribution in [2.24, 2.45) is 0 Å². The van der Waals surface area contributed by atoms with E-state index >= 15 is 0 Å². The normalized spacial score (nSPS) is 13.7. The van der Waals surface area contributed by atoms with E-state index in [0.29, 0.717) is 18.0 Å². The second-order valence-electron chi connectivity index (χ2n) is 8.08. The van der Waals surface area contributed by atoms with Gasteiger partial charge in [-0.2, -0.15) is 0 Å². The Labute approximate surface area is 201 Å². The van der Waals surface area contributed by atoms with Gasteiger partial charge < -0.3 is 14.2 Å². The lowest BCUT2D eigenvalue weighted by Gasteiger charge is -2.27. The van der Waals surface area contributed by atoms with Crippen molar-refractivity contribution >= 4 is 23.3 Å². The molecule has 0 aliphatic carbocycles. The molecule has 2 aromatic carbocycles. The minimum Gasteiger partial charge on any atom is -0.497 e. The third kappa shape index (κ3) is 6.60. The fourth-order valence-corrected chi connectivity index (χ4v) is 4.10. The van der Waals surface area contributed by atoms with Gasteiger partial charge in [0.1, 0.15) is 5.75 Å². The minimum atomic E-state index is -0.530. The van der Waals surface area contributed by atoms with Crippen LogP contribution in [0.3, 0.4) is 0 Å². The molecule has 0 unspecified atom stereocenters. The smallest absolute Gasteiger partial charge is 0.414 e. The van der Waals surface area contributed by atoms with E-state index in [1.54, 1.807) is 25.1 Å². The van der Waals surface area contributed by atoms with Gasteiger partial charge in [0.15, 0.2) is 0 Å². The summed E-state index contributed by atoms with van der Waals surface area (Å²) >= 11 is 0. The summed E-state index contributed by atoms with van der Waals surface area (Å²) in [5.74, 6) is -0.0153. The number of unbranched alkanes of at least 4 members (excludes halogenated alkanes) is 1. The number of nitrogens with zero attached hydrogens (tertiary/aromatic N) is 2. The molecule has 34 heavy (non-hydrogen) atoms. The summed E-state index contributed by atoms with van der Waals surface area (Å²) in [5, 5.41) is 0. The Hall–Kier alpha value is -3.32. The molecule has 7 nitrogen and oxygen atoms in total. The number of benzene rings is 2. The number of methoxy groups -OCH3 is 2. The maximum absolute atomic E-state index is 12.7. The molecule has 2 aromatic rings. The van der Waals surface area contributed by atoms with E-state index in [0.717, 1.165) is 38.9 Å². The molecule has 1 amide bonds. The molecule has 0 spiro atoms. The number of anilines is 1. The van der Waals surface area contributed by atoms with Crippen molar-refractivity contribution < 1.29 is 23.8 Å². The quantitative estimate of drug-likeness (QED) is 0.362. The van der Waals surface area contributed by atoms with Crippen molar-refractivity contribution in [2.75, 3.05) is 51.9 Å². The van der Waals surface area contributed by atoms with Gasteiger partial charge in [-0.25, -0.2) is 9.59 Å². The van der Waals surface area contributed by atoms with Crippen LogP contribution < -0.4 is 9.64 Å². The van der Waals surface area contributed by atoms with Gasteiger partial charge in [0.2, 0.25) is 0 Å². The maximum Gasteiger partial charge on any atom is 0.414 e. The maximum atomic E-state index is 12.7. The molecule has 1 heterocycles. The molecule has 182 valence electrons. The zero-order valence-electron chi connectivity index (χ0n) is 20.3. The highest BCUT2D eigenvalue weighted by molar-refractivity contribution is 6.01. The molecule has 0 atom stereocenters. The first kappa shape index (κ1) is 25.3. The number of carbonyl (C=O) groups is 2. The molecule has 0 N–H and O–H groups in total. The molecular weight excluding hydrogens is 432 g/mol. The second-order valence-corrected chi connectivity index (χ2v) is 8.08. The average Bonchev–Trinajstić information content (AvgIpc) is 2.89. The van der Waals surface area contributed by atoms with Crippen LogP contribution in [0.4, 0.5) is 10.5 Å². The van der Waals surface area contributed by atoms with Gasteiger partial charge in [-0.3, -0.25) is 9.80 Å². The van der Waals surface area contributed by atoms with Crippen LogP contribution in [-0.2, 0) is 9.47 Å². The van der Waals surface area contributed by atoms with Crippen LogP contribution in [0.2, 0.25) is 0 Å². The summed E-state index contributed by atoms with van der Waals surface area (Å²) in [4.78, 5) is 29.1. The van der Waals surface area contributed by atoms with Crippen LogP contribution >= 0.6 is 0 Å². The largest absolute Gasteiger partial charge is 0.497 e. The van der Waals surface area contributed by atoms with Crippen molar-refractivity contribution in [3.63, 3.8) is 0 Å². The second kappa shape index (κ2) is 12.8. The lowest BCUT2D eigenvalue weighted by atomic mass is 9.99. The zero-order valence-corrected chi connectivity index (χ0v) is 20.3. The SMILES string of the molecule is CCOC(=O)N(CCCCN1CC=C(c2ccccc2)CC1)c1ccc(OC)cc1C(=O)OC. The van der Waals surface area contributed by atoms with Gasteiger partial charge >= 0.3 is 12.1 Å². The molecule has 0 saturated carbocycles. The third-order valence-electron chi connectivity index (χ3n) is 5.93. The van der Waals surface area contributed by atoms with Crippen LogP contribution in [0, 0.1) is 0 Å². The summed E-state index contributed by atoms with van der Waals surface area (Å²) < 4.78 is 15.4. The summed E-state index contributed by atoms with van der Waals surface area (Å²) in [6.07, 6.45) is 4.56. The van der Waals surface area contributed by atoms with Crippen LogP contribution in [0.15, 0.2) is 54.6 Å². The molecular formula is C27H34N2O5. The number of amides is 1. The Morgan fingerprint density at radius 1 is 1.06 bits per heavy atom. The molecule has 7 heteroatoms. The topological polar surface area (TPSA) is 68.3 Å². The van der Waals surface area contributed by atoms with E-state index < -0.39 is 12.1 Å². The van der Waals surface area contributed by atoms with E-state index in [1.165, 1.54) is 30.3 Å². The highest BCUT2D eigenvalue weighted by atomic mass is 16.6. The number of hydrogen-bond donors (Lipinski definition) is 0. The van der Waals surface area contributed by atoms with Crippen molar-refractivity contribution in [2.45, 2.75) is 26.2 Å². The lowest BCUT2D eigenvalue weighted by Crippen LogP contribution is -2.35. The Morgan fingerprint density at radius 2 is 1.85 bits per heavy atom. The van der Waals surface area contributed by atoms with Gasteiger partial charge in [-0.05, 0) is 62.1 Å². The van der Waals surface area contributed by atoms with Gasteiger partial charge in [-0.15, -0.1) is 0 Å². The predicted molar refractivity (Wildman–Crippen MR) is 133 cm³/mol. The average molecular weight is 467 g/mol. The highest BCUT2D eigenvalue weighted by Gasteiger charge is 2.24. The van der Waals surface area contributed by atoms with Gasteiger partial charge in [0.05, 0.1) is 32.1 Å². The van der Waals surface area contributed by atoms with Crippen LogP contribution in [0.1, 0.15) is 42.1 Å². The van der Waals surface area contributed by atoms with E-state index in [1.807, 2.05) is 6.07 Å². The molecule has 0 fully saturated rings. The molecule has 0 bridgehead atoms. The van der Waals surface area contributed by atoms with Crippen LogP contribution in [0.25, 0.3) is 5.57 Å². The lowest BCUT2D eigenvalue weighted by molar-refractivity contribution is 0.0601. The van der Waals surface area contributed by atoms with Crippen LogP contribution in [-0.4, -0.2) is 64.0 Å². The van der Waals surface area contributed by atoms with E-state index in [2.05, 4.69) is 35.2 Å². The Balaban J connectivity index is 1.61. The summed E-state index contributed by atoms with van der Waals surface area (Å²) in [6, 6.07) is 15.5. The van der Waals surface area contributed by atoms with Crippen molar-refractivity contribution in [3.05, 3.63) is 65.7 Å². The predicted octanol–water partition coefficient (Wildman–Crippen LogP) is 5.01. The standard InChI is InChI=1S/C27H34N2O5/c1-4-34-27(31)29(25-13-12-23(32-2)20-24(25)26(30)33-3)17-9-8-16-28-18-14-22(15-19-28)21-10-6-5-7-11-21/h5-7,10-14,20H,4,8-9,15-19H2,1-3H3. The van der Waals surface area contributed by atoms with Gasteiger partial charge in [-0.1, -0.05) is 36.4 Å². The first-order valence-electron chi connectivity index (χ1n) is 11.7. The summed E-state index contributed by atoms with van der Waals surface area (Å²) in [5.41, 5.74) is 3.43. The third-order valence-corrected chi connectivity index (χ3v) is 5.93. The zero-order chi connectivity index (χ0) is 24.3. The number of esters is 1. The first-order chi connectivity index (χ1) is 16.6. The molecule has 0 aromatic heterocycles. The first-order valence-corrected chi connectivity index (χ1v) is 11.7. The molecule has 0 radical (unpaired) electrons. The number of hydrogen-bond acceptors (Lipinski definition) is 6. The number of ether oxygens (including phenoxy) is 3. The van der Waals surface area contributed by atoms with Crippen molar-refractivity contribution in [3.8, 4) is 5.75 Å². The van der Waals surface area contributed by atoms with E-state index in [4.69, 9.17) is 14.2 Å². The van der Waals surface area contributed by atoms with Crippen LogP contribution in [0.5, 0.6) is 5.75 Å². The Bertz CT molecular complexity index is 990. The summed E-state index contributed by atoms with van der Waals surface area (Å²) in [7, 11) is 2.84. The highest BCUT2D eigenvalue weighted by Crippen LogP contribution is 2.28. The Morgan fingerprint density at radius 3 is 2.50 bits per heavy atom. The van der Waals surface area contributed by atoms with E-state index in [-0.39, 0.29) is 12.2 Å². The summed E-state index contributed by atoms with van der Waals surface area (Å²) in [6.45, 7) is 5.35.